The highest BCUT2D eigenvalue weighted by Crippen LogP contribution is 2.23. The van der Waals surface area contributed by atoms with Gasteiger partial charge < -0.3 is 10.2 Å². The van der Waals surface area contributed by atoms with Crippen LogP contribution in [0.25, 0.3) is 0 Å². The number of rotatable bonds is 2. The van der Waals surface area contributed by atoms with E-state index in [0.29, 0.717) is 0 Å². The van der Waals surface area contributed by atoms with Gasteiger partial charge in [0.05, 0.1) is 0 Å². The Hall–Kier alpha value is -1.55. The number of piperazine rings is 1. The highest BCUT2D eigenvalue weighted by Gasteiger charge is 2.26. The van der Waals surface area contributed by atoms with Crippen LogP contribution in [-0.2, 0) is 0 Å². The monoisotopic (exact) mass is 329 g/mol. The first-order valence-electron chi connectivity index (χ1n) is 9.50. The Morgan fingerprint density at radius 3 is 2.08 bits per heavy atom. The molecule has 4 heteroatoms. The number of nitrogens with one attached hydrogen (secondary N) is 1. The van der Waals surface area contributed by atoms with Crippen molar-refractivity contribution in [3.05, 3.63) is 29.3 Å². The van der Waals surface area contributed by atoms with Crippen molar-refractivity contribution in [2.75, 3.05) is 31.5 Å². The van der Waals surface area contributed by atoms with Crippen LogP contribution < -0.4 is 5.32 Å². The van der Waals surface area contributed by atoms with E-state index in [1.54, 1.807) is 0 Å². The minimum Gasteiger partial charge on any atom is -0.322 e. The van der Waals surface area contributed by atoms with Crippen LogP contribution in [0.1, 0.15) is 49.7 Å². The zero-order chi connectivity index (χ0) is 16.9. The first-order chi connectivity index (χ1) is 11.6. The minimum absolute atomic E-state index is 0.0421. The smallest absolute Gasteiger partial charge is 0.321 e. The standard InChI is InChI=1S/C20H31N3O/c1-16-13-17(2)15-18(14-16)21-20(24)23-11-9-22(10-12-23)19-7-5-3-4-6-8-19/h13-15,19H,3-12H2,1-2H3,(H,21,24). The summed E-state index contributed by atoms with van der Waals surface area (Å²) in [4.78, 5) is 17.1. The van der Waals surface area contributed by atoms with E-state index >= 15 is 0 Å². The molecule has 1 aliphatic carbocycles. The van der Waals surface area contributed by atoms with Crippen molar-refractivity contribution in [1.82, 2.24) is 9.80 Å². The van der Waals surface area contributed by atoms with E-state index in [-0.39, 0.29) is 6.03 Å². The van der Waals surface area contributed by atoms with Crippen molar-refractivity contribution in [2.45, 2.75) is 58.4 Å². The van der Waals surface area contributed by atoms with Crippen molar-refractivity contribution < 1.29 is 4.79 Å². The van der Waals surface area contributed by atoms with Gasteiger partial charge in [0.2, 0.25) is 0 Å². The molecule has 0 aromatic heterocycles. The summed E-state index contributed by atoms with van der Waals surface area (Å²) in [6.07, 6.45) is 8.23. The second-order valence-corrected chi connectivity index (χ2v) is 7.47. The van der Waals surface area contributed by atoms with E-state index in [0.717, 1.165) is 37.9 Å². The molecule has 1 saturated carbocycles. The Bertz CT molecular complexity index is 536. The number of anilines is 1. The van der Waals surface area contributed by atoms with Gasteiger partial charge in [0.1, 0.15) is 0 Å². The number of hydrogen-bond donors (Lipinski definition) is 1. The molecule has 1 saturated heterocycles. The van der Waals surface area contributed by atoms with E-state index < -0.39 is 0 Å². The van der Waals surface area contributed by atoms with Crippen molar-refractivity contribution in [1.29, 1.82) is 0 Å². The SMILES string of the molecule is Cc1cc(C)cc(NC(=O)N2CCN(C3CCCCCC3)CC2)c1. The van der Waals surface area contributed by atoms with E-state index in [1.807, 2.05) is 17.0 Å². The van der Waals surface area contributed by atoms with Crippen molar-refractivity contribution >= 4 is 11.7 Å². The zero-order valence-electron chi connectivity index (χ0n) is 15.2. The van der Waals surface area contributed by atoms with E-state index in [2.05, 4.69) is 30.1 Å². The average molecular weight is 329 g/mol. The lowest BCUT2D eigenvalue weighted by Crippen LogP contribution is -2.52. The van der Waals surface area contributed by atoms with Crippen molar-refractivity contribution in [3.8, 4) is 0 Å². The summed E-state index contributed by atoms with van der Waals surface area (Å²) in [5, 5.41) is 3.07. The lowest BCUT2D eigenvalue weighted by Gasteiger charge is -2.39. The Morgan fingerprint density at radius 2 is 1.50 bits per heavy atom. The summed E-state index contributed by atoms with van der Waals surface area (Å²) in [5.74, 6) is 0. The fourth-order valence-electron chi connectivity index (χ4n) is 4.16. The highest BCUT2D eigenvalue weighted by atomic mass is 16.2. The molecule has 0 bridgehead atoms. The van der Waals surface area contributed by atoms with Crippen LogP contribution in [0.3, 0.4) is 0 Å². The van der Waals surface area contributed by atoms with Gasteiger partial charge >= 0.3 is 6.03 Å². The molecule has 4 nitrogen and oxygen atoms in total. The number of carbonyl (C=O) groups excluding carboxylic acids is 1. The fraction of sp³-hybridized carbons (Fsp3) is 0.650. The third kappa shape index (κ3) is 4.50. The number of carbonyl (C=O) groups is 1. The molecule has 132 valence electrons. The summed E-state index contributed by atoms with van der Waals surface area (Å²) in [6, 6.07) is 6.98. The van der Waals surface area contributed by atoms with Gasteiger partial charge in [-0.15, -0.1) is 0 Å². The summed E-state index contributed by atoms with van der Waals surface area (Å²) in [7, 11) is 0. The lowest BCUT2D eigenvalue weighted by molar-refractivity contribution is 0.105. The first-order valence-corrected chi connectivity index (χ1v) is 9.50. The van der Waals surface area contributed by atoms with Crippen LogP contribution in [0.15, 0.2) is 18.2 Å². The van der Waals surface area contributed by atoms with Gasteiger partial charge in [-0.25, -0.2) is 4.79 Å². The largest absolute Gasteiger partial charge is 0.322 e. The molecule has 0 atom stereocenters. The second kappa shape index (κ2) is 8.02. The summed E-state index contributed by atoms with van der Waals surface area (Å²) < 4.78 is 0. The van der Waals surface area contributed by atoms with Gasteiger partial charge in [0.25, 0.3) is 0 Å². The van der Waals surface area contributed by atoms with Crippen LogP contribution in [0.4, 0.5) is 10.5 Å². The van der Waals surface area contributed by atoms with E-state index in [9.17, 15) is 4.79 Å². The number of amides is 2. The molecule has 0 unspecified atom stereocenters. The highest BCUT2D eigenvalue weighted by molar-refractivity contribution is 5.89. The quantitative estimate of drug-likeness (QED) is 0.826. The number of urea groups is 1. The molecule has 1 heterocycles. The average Bonchev–Trinajstić information content (AvgIpc) is 2.83. The van der Waals surface area contributed by atoms with Crippen molar-refractivity contribution in [2.24, 2.45) is 0 Å². The first kappa shape index (κ1) is 17.3. The van der Waals surface area contributed by atoms with Crippen LogP contribution in [0.5, 0.6) is 0 Å². The van der Waals surface area contributed by atoms with Crippen LogP contribution >= 0.6 is 0 Å². The molecule has 1 N–H and O–H groups in total. The maximum Gasteiger partial charge on any atom is 0.321 e. The van der Waals surface area contributed by atoms with Gasteiger partial charge in [-0.1, -0.05) is 31.7 Å². The Morgan fingerprint density at radius 1 is 0.917 bits per heavy atom. The minimum atomic E-state index is 0.0421. The maximum atomic E-state index is 12.5. The Balaban J connectivity index is 1.51. The molecule has 0 spiro atoms. The van der Waals surface area contributed by atoms with Gasteiger partial charge in [-0.2, -0.15) is 0 Å². The Kier molecular flexibility index (Phi) is 5.77. The summed E-state index contributed by atoms with van der Waals surface area (Å²) in [6.45, 7) is 7.85. The van der Waals surface area contributed by atoms with Crippen LogP contribution in [0.2, 0.25) is 0 Å². The molecule has 1 aromatic rings. The van der Waals surface area contributed by atoms with Gasteiger partial charge in [0.15, 0.2) is 0 Å². The van der Waals surface area contributed by atoms with Crippen LogP contribution in [-0.4, -0.2) is 48.1 Å². The van der Waals surface area contributed by atoms with Crippen LogP contribution in [0, 0.1) is 13.8 Å². The lowest BCUT2D eigenvalue weighted by atomic mass is 10.1. The number of hydrogen-bond acceptors (Lipinski definition) is 2. The second-order valence-electron chi connectivity index (χ2n) is 7.47. The molecule has 1 aliphatic heterocycles. The third-order valence-electron chi connectivity index (χ3n) is 5.42. The van der Waals surface area contributed by atoms with Gasteiger partial charge in [-0.3, -0.25) is 4.90 Å². The predicted octanol–water partition coefficient (Wildman–Crippen LogP) is 4.18. The normalized spacial score (nSPS) is 20.7. The predicted molar refractivity (Wildman–Crippen MR) is 99.6 cm³/mol. The van der Waals surface area contributed by atoms with Gasteiger partial charge in [-0.05, 0) is 49.9 Å². The fourth-order valence-corrected chi connectivity index (χ4v) is 4.16. The Labute approximate surface area is 146 Å². The number of benzene rings is 1. The van der Waals surface area contributed by atoms with E-state index in [1.165, 1.54) is 49.7 Å². The number of aryl methyl sites for hydroxylation is 2. The summed E-state index contributed by atoms with van der Waals surface area (Å²) >= 11 is 0. The molecular formula is C20H31N3O. The third-order valence-corrected chi connectivity index (χ3v) is 5.42. The topological polar surface area (TPSA) is 35.6 Å². The van der Waals surface area contributed by atoms with Crippen molar-refractivity contribution in [3.63, 3.8) is 0 Å². The van der Waals surface area contributed by atoms with Gasteiger partial charge in [0, 0.05) is 37.9 Å². The molecule has 24 heavy (non-hydrogen) atoms. The van der Waals surface area contributed by atoms with E-state index in [4.69, 9.17) is 0 Å². The molecule has 2 fully saturated rings. The summed E-state index contributed by atoms with van der Waals surface area (Å²) in [5.41, 5.74) is 3.27. The zero-order valence-corrected chi connectivity index (χ0v) is 15.2. The molecule has 1 aromatic carbocycles. The molecule has 0 radical (unpaired) electrons. The molecular weight excluding hydrogens is 298 g/mol. The number of nitrogens with zero attached hydrogens (tertiary/aromatic N) is 2. The molecule has 2 aliphatic rings. The molecule has 2 amide bonds. The maximum absolute atomic E-state index is 12.5. The molecule has 3 rings (SSSR count).